The lowest BCUT2D eigenvalue weighted by molar-refractivity contribution is 0.238. The third kappa shape index (κ3) is 3.66. The minimum atomic E-state index is -3.55. The van der Waals surface area contributed by atoms with Crippen molar-refractivity contribution in [2.24, 2.45) is 0 Å². The Hall–Kier alpha value is -2.19. The van der Waals surface area contributed by atoms with Crippen LogP contribution >= 0.6 is 0 Å². The molecule has 0 saturated heterocycles. The van der Waals surface area contributed by atoms with Crippen molar-refractivity contribution in [1.29, 1.82) is 0 Å². The molecule has 1 aliphatic heterocycles. The lowest BCUT2D eigenvalue weighted by Crippen LogP contribution is -2.35. The minimum Gasteiger partial charge on any atom is -0.496 e. The minimum absolute atomic E-state index is 0.264. The number of nitrogens with one attached hydrogen (secondary N) is 1. The lowest BCUT2D eigenvalue weighted by Gasteiger charge is -2.28. The fourth-order valence-corrected chi connectivity index (χ4v) is 3.82. The number of aromatic nitrogens is 2. The van der Waals surface area contributed by atoms with Gasteiger partial charge in [0.05, 0.1) is 12.8 Å². The smallest absolute Gasteiger partial charge is 0.255 e. The lowest BCUT2D eigenvalue weighted by atomic mass is 10.0. The van der Waals surface area contributed by atoms with Crippen LogP contribution in [0.4, 0.5) is 0 Å². The van der Waals surface area contributed by atoms with E-state index in [0.717, 1.165) is 29.7 Å². The molecule has 0 spiro atoms. The normalized spacial score (nSPS) is 14.9. The number of rotatable bonds is 4. The highest BCUT2D eigenvalue weighted by atomic mass is 32.2. The standard InChI is InChI=1S/C18H23N3O4S/c1-11-8-16(25-3)12(2)7-13(11)9-21-6-5-14-15(10-21)19-18(20-17(14)22)26(4,23)24/h7-8H,5-6,9-10H2,1-4H3,(H,19,20,22). The summed E-state index contributed by atoms with van der Waals surface area (Å²) < 4.78 is 28.8. The van der Waals surface area contributed by atoms with E-state index in [2.05, 4.69) is 20.9 Å². The molecular formula is C18H23N3O4S. The average Bonchev–Trinajstić information content (AvgIpc) is 2.56. The van der Waals surface area contributed by atoms with E-state index in [1.54, 1.807) is 7.11 Å². The molecule has 7 nitrogen and oxygen atoms in total. The molecule has 26 heavy (non-hydrogen) atoms. The fourth-order valence-electron chi connectivity index (χ4n) is 3.26. The zero-order valence-corrected chi connectivity index (χ0v) is 16.2. The van der Waals surface area contributed by atoms with Crippen molar-refractivity contribution in [3.05, 3.63) is 50.4 Å². The molecule has 0 atom stereocenters. The third-order valence-corrected chi connectivity index (χ3v) is 5.63. The van der Waals surface area contributed by atoms with Gasteiger partial charge in [-0.05, 0) is 43.0 Å². The maximum absolute atomic E-state index is 12.2. The highest BCUT2D eigenvalue weighted by Gasteiger charge is 2.24. The second kappa shape index (κ2) is 6.85. The largest absolute Gasteiger partial charge is 0.496 e. The maximum atomic E-state index is 12.2. The van der Waals surface area contributed by atoms with E-state index in [0.29, 0.717) is 30.8 Å². The van der Waals surface area contributed by atoms with Crippen LogP contribution in [0.1, 0.15) is 27.9 Å². The second-order valence-electron chi connectivity index (χ2n) is 6.78. The number of H-pyrrole nitrogens is 1. The molecular weight excluding hydrogens is 354 g/mol. The van der Waals surface area contributed by atoms with Crippen LogP contribution in [0.3, 0.4) is 0 Å². The van der Waals surface area contributed by atoms with Crippen molar-refractivity contribution in [3.8, 4) is 5.75 Å². The molecule has 0 amide bonds. The topological polar surface area (TPSA) is 92.4 Å². The number of aromatic amines is 1. The molecule has 1 aromatic heterocycles. The summed E-state index contributed by atoms with van der Waals surface area (Å²) in [6.45, 7) is 5.93. The van der Waals surface area contributed by atoms with Crippen LogP contribution in [-0.2, 0) is 29.3 Å². The molecule has 0 radical (unpaired) electrons. The number of ether oxygens (including phenoxy) is 1. The van der Waals surface area contributed by atoms with Crippen molar-refractivity contribution in [1.82, 2.24) is 14.9 Å². The molecule has 0 fully saturated rings. The number of sulfone groups is 1. The molecule has 140 valence electrons. The predicted molar refractivity (Wildman–Crippen MR) is 98.3 cm³/mol. The average molecular weight is 377 g/mol. The van der Waals surface area contributed by atoms with Crippen LogP contribution < -0.4 is 10.3 Å². The number of nitrogens with zero attached hydrogens (tertiary/aromatic N) is 2. The molecule has 0 bridgehead atoms. The fraction of sp³-hybridized carbons (Fsp3) is 0.444. The molecule has 0 saturated carbocycles. The Morgan fingerprint density at radius 3 is 2.65 bits per heavy atom. The van der Waals surface area contributed by atoms with Crippen molar-refractivity contribution >= 4 is 9.84 Å². The molecule has 0 aliphatic carbocycles. The molecule has 1 N–H and O–H groups in total. The summed E-state index contributed by atoms with van der Waals surface area (Å²) in [5.41, 5.74) is 4.15. The first-order chi connectivity index (χ1) is 12.2. The molecule has 1 aromatic carbocycles. The maximum Gasteiger partial charge on any atom is 0.255 e. The summed E-state index contributed by atoms with van der Waals surface area (Å²) in [4.78, 5) is 20.9. The molecule has 1 aliphatic rings. The zero-order valence-electron chi connectivity index (χ0n) is 15.4. The summed E-state index contributed by atoms with van der Waals surface area (Å²) in [7, 11) is -1.90. The molecule has 2 aromatic rings. The van der Waals surface area contributed by atoms with E-state index in [4.69, 9.17) is 4.74 Å². The van der Waals surface area contributed by atoms with Gasteiger partial charge >= 0.3 is 0 Å². The van der Waals surface area contributed by atoms with Crippen LogP contribution in [0, 0.1) is 13.8 Å². The highest BCUT2D eigenvalue weighted by Crippen LogP contribution is 2.25. The van der Waals surface area contributed by atoms with Crippen LogP contribution in [0.2, 0.25) is 0 Å². The zero-order chi connectivity index (χ0) is 19.1. The van der Waals surface area contributed by atoms with Crippen LogP contribution in [0.5, 0.6) is 5.75 Å². The van der Waals surface area contributed by atoms with Crippen molar-refractivity contribution in [2.45, 2.75) is 38.5 Å². The Bertz CT molecular complexity index is 1010. The SMILES string of the molecule is COc1cc(C)c(CN2CCc3c(nc(S(C)(=O)=O)[nH]c3=O)C2)cc1C. The summed E-state index contributed by atoms with van der Waals surface area (Å²) in [5, 5.41) is -0.264. The van der Waals surface area contributed by atoms with Gasteiger partial charge in [-0.1, -0.05) is 6.07 Å². The van der Waals surface area contributed by atoms with Gasteiger partial charge in [0, 0.05) is 31.5 Å². The first-order valence-corrected chi connectivity index (χ1v) is 10.3. The number of benzene rings is 1. The van der Waals surface area contributed by atoms with Gasteiger partial charge in [-0.3, -0.25) is 14.7 Å². The predicted octanol–water partition coefficient (Wildman–Crippen LogP) is 1.36. The molecule has 2 heterocycles. The van der Waals surface area contributed by atoms with Crippen LogP contribution in [0.25, 0.3) is 0 Å². The Morgan fingerprint density at radius 2 is 2.00 bits per heavy atom. The van der Waals surface area contributed by atoms with Crippen molar-refractivity contribution in [2.75, 3.05) is 19.9 Å². The number of hydrogen-bond acceptors (Lipinski definition) is 6. The summed E-state index contributed by atoms with van der Waals surface area (Å²) in [6, 6.07) is 4.13. The van der Waals surface area contributed by atoms with E-state index >= 15 is 0 Å². The number of fused-ring (bicyclic) bond motifs is 1. The number of hydrogen-bond donors (Lipinski definition) is 1. The Kier molecular flexibility index (Phi) is 4.90. The van der Waals surface area contributed by atoms with Gasteiger partial charge in [0.1, 0.15) is 5.75 Å². The molecule has 3 rings (SSSR count). The van der Waals surface area contributed by atoms with Crippen LogP contribution in [0.15, 0.2) is 22.1 Å². The van der Waals surface area contributed by atoms with E-state index in [1.165, 1.54) is 5.56 Å². The van der Waals surface area contributed by atoms with Gasteiger partial charge in [-0.2, -0.15) is 0 Å². The summed E-state index contributed by atoms with van der Waals surface area (Å²) in [5.74, 6) is 0.862. The van der Waals surface area contributed by atoms with Gasteiger partial charge in [0.15, 0.2) is 0 Å². The van der Waals surface area contributed by atoms with E-state index < -0.39 is 9.84 Å². The Morgan fingerprint density at radius 1 is 1.27 bits per heavy atom. The first kappa shape index (κ1) is 18.6. The Balaban J connectivity index is 1.88. The summed E-state index contributed by atoms with van der Waals surface area (Å²) >= 11 is 0. The van der Waals surface area contributed by atoms with E-state index in [-0.39, 0.29) is 10.7 Å². The number of aryl methyl sites for hydroxylation is 2. The van der Waals surface area contributed by atoms with E-state index in [9.17, 15) is 13.2 Å². The molecule has 0 unspecified atom stereocenters. The van der Waals surface area contributed by atoms with Crippen molar-refractivity contribution in [3.63, 3.8) is 0 Å². The monoisotopic (exact) mass is 377 g/mol. The third-order valence-electron chi connectivity index (χ3n) is 4.73. The van der Waals surface area contributed by atoms with Crippen molar-refractivity contribution < 1.29 is 13.2 Å². The van der Waals surface area contributed by atoms with Gasteiger partial charge in [0.25, 0.3) is 5.56 Å². The summed E-state index contributed by atoms with van der Waals surface area (Å²) in [6.07, 6.45) is 1.59. The van der Waals surface area contributed by atoms with Gasteiger partial charge in [0.2, 0.25) is 15.0 Å². The Labute approximate surface area is 153 Å². The van der Waals surface area contributed by atoms with Gasteiger partial charge in [-0.15, -0.1) is 0 Å². The van der Waals surface area contributed by atoms with Gasteiger partial charge in [-0.25, -0.2) is 13.4 Å². The number of methoxy groups -OCH3 is 1. The highest BCUT2D eigenvalue weighted by molar-refractivity contribution is 7.90. The van der Waals surface area contributed by atoms with Gasteiger partial charge < -0.3 is 4.74 Å². The van der Waals surface area contributed by atoms with Crippen LogP contribution in [-0.4, -0.2) is 43.2 Å². The quantitative estimate of drug-likeness (QED) is 0.809. The molecule has 8 heteroatoms. The van der Waals surface area contributed by atoms with E-state index in [1.807, 2.05) is 19.9 Å². The second-order valence-corrected chi connectivity index (χ2v) is 8.71. The first-order valence-electron chi connectivity index (χ1n) is 8.37.